The Kier molecular flexibility index (Phi) is 2.33. The van der Waals surface area contributed by atoms with Gasteiger partial charge in [0.15, 0.2) is 0 Å². The fraction of sp³-hybridized carbons (Fsp3) is 0.333. The van der Waals surface area contributed by atoms with Gasteiger partial charge in [-0.2, -0.15) is 0 Å². The fourth-order valence-corrected chi connectivity index (χ4v) is 2.21. The standard InChI is InChI=1S/C12H12N4/c1-2-10(12-8-14-4-6-16-12)9(1)11-7-13-3-5-15-11/h3-10H,1-2H2/t9-,10+. The average Bonchev–Trinajstić information content (AvgIpc) is 2.30. The van der Waals surface area contributed by atoms with E-state index in [9.17, 15) is 0 Å². The molecule has 1 aliphatic carbocycles. The predicted molar refractivity (Wildman–Crippen MR) is 58.8 cm³/mol. The molecule has 0 amide bonds. The summed E-state index contributed by atoms with van der Waals surface area (Å²) in [6.07, 6.45) is 13.0. The van der Waals surface area contributed by atoms with Crippen LogP contribution in [0.15, 0.2) is 37.2 Å². The summed E-state index contributed by atoms with van der Waals surface area (Å²) >= 11 is 0. The van der Waals surface area contributed by atoms with Crippen LogP contribution >= 0.6 is 0 Å². The summed E-state index contributed by atoms with van der Waals surface area (Å²) in [7, 11) is 0. The molecule has 1 fully saturated rings. The lowest BCUT2D eigenvalue weighted by Gasteiger charge is -2.35. The van der Waals surface area contributed by atoms with E-state index >= 15 is 0 Å². The highest BCUT2D eigenvalue weighted by Gasteiger charge is 2.35. The number of rotatable bonds is 2. The number of nitrogens with zero attached hydrogens (tertiary/aromatic N) is 4. The van der Waals surface area contributed by atoms with Crippen LogP contribution in [0.4, 0.5) is 0 Å². The van der Waals surface area contributed by atoms with Gasteiger partial charge < -0.3 is 0 Å². The summed E-state index contributed by atoms with van der Waals surface area (Å²) in [6.45, 7) is 0. The molecule has 2 heterocycles. The molecule has 0 saturated heterocycles. The van der Waals surface area contributed by atoms with E-state index in [0.717, 1.165) is 11.4 Å². The van der Waals surface area contributed by atoms with Gasteiger partial charge in [0.1, 0.15) is 0 Å². The van der Waals surface area contributed by atoms with E-state index in [2.05, 4.69) is 19.9 Å². The molecule has 16 heavy (non-hydrogen) atoms. The summed E-state index contributed by atoms with van der Waals surface area (Å²) < 4.78 is 0. The first-order valence-electron chi connectivity index (χ1n) is 5.47. The van der Waals surface area contributed by atoms with Crippen LogP contribution in [-0.2, 0) is 0 Å². The van der Waals surface area contributed by atoms with Gasteiger partial charge >= 0.3 is 0 Å². The first kappa shape index (κ1) is 9.39. The molecule has 2 atom stereocenters. The molecule has 2 aromatic heterocycles. The van der Waals surface area contributed by atoms with Crippen molar-refractivity contribution in [1.29, 1.82) is 0 Å². The summed E-state index contributed by atoms with van der Waals surface area (Å²) in [6, 6.07) is 0. The van der Waals surface area contributed by atoms with Crippen LogP contribution in [0.5, 0.6) is 0 Å². The molecular formula is C12H12N4. The molecule has 0 spiro atoms. The molecule has 2 aromatic rings. The van der Waals surface area contributed by atoms with Gasteiger partial charge in [-0.1, -0.05) is 0 Å². The van der Waals surface area contributed by atoms with E-state index in [1.165, 1.54) is 12.8 Å². The Balaban J connectivity index is 1.85. The van der Waals surface area contributed by atoms with Crippen molar-refractivity contribution in [3.05, 3.63) is 48.6 Å². The van der Waals surface area contributed by atoms with Crippen LogP contribution in [0.2, 0.25) is 0 Å². The maximum Gasteiger partial charge on any atom is 0.0624 e. The second-order valence-electron chi connectivity index (χ2n) is 4.05. The zero-order valence-electron chi connectivity index (χ0n) is 8.82. The van der Waals surface area contributed by atoms with Crippen molar-refractivity contribution in [2.45, 2.75) is 24.7 Å². The second kappa shape index (κ2) is 3.96. The number of aromatic nitrogens is 4. The summed E-state index contributed by atoms with van der Waals surface area (Å²) in [5.41, 5.74) is 2.15. The number of hydrogen-bond acceptors (Lipinski definition) is 4. The van der Waals surface area contributed by atoms with Gasteiger partial charge in [-0.25, -0.2) is 0 Å². The lowest BCUT2D eigenvalue weighted by molar-refractivity contribution is 0.331. The van der Waals surface area contributed by atoms with E-state index in [0.29, 0.717) is 11.8 Å². The van der Waals surface area contributed by atoms with E-state index in [-0.39, 0.29) is 0 Å². The fourth-order valence-electron chi connectivity index (χ4n) is 2.21. The van der Waals surface area contributed by atoms with Crippen LogP contribution in [0.25, 0.3) is 0 Å². The van der Waals surface area contributed by atoms with E-state index in [4.69, 9.17) is 0 Å². The highest BCUT2D eigenvalue weighted by molar-refractivity contribution is 5.20. The van der Waals surface area contributed by atoms with Crippen molar-refractivity contribution in [1.82, 2.24) is 19.9 Å². The van der Waals surface area contributed by atoms with Crippen molar-refractivity contribution in [2.24, 2.45) is 0 Å². The molecule has 0 aliphatic heterocycles. The lowest BCUT2D eigenvalue weighted by Crippen LogP contribution is -2.23. The summed E-state index contributed by atoms with van der Waals surface area (Å²) in [5, 5.41) is 0. The van der Waals surface area contributed by atoms with Gasteiger partial charge in [0.25, 0.3) is 0 Å². The maximum atomic E-state index is 4.37. The monoisotopic (exact) mass is 212 g/mol. The average molecular weight is 212 g/mol. The molecule has 0 aromatic carbocycles. The first-order valence-corrected chi connectivity index (χ1v) is 5.47. The highest BCUT2D eigenvalue weighted by atomic mass is 14.8. The molecular weight excluding hydrogens is 200 g/mol. The minimum atomic E-state index is 0.463. The molecule has 4 heteroatoms. The molecule has 0 radical (unpaired) electrons. The Morgan fingerprint density at radius 3 is 1.56 bits per heavy atom. The van der Waals surface area contributed by atoms with Gasteiger partial charge in [0.2, 0.25) is 0 Å². The highest BCUT2D eigenvalue weighted by Crippen LogP contribution is 2.47. The molecule has 1 aliphatic rings. The first-order chi connectivity index (χ1) is 7.95. The minimum absolute atomic E-state index is 0.463. The maximum absolute atomic E-state index is 4.37. The topological polar surface area (TPSA) is 51.6 Å². The van der Waals surface area contributed by atoms with E-state index < -0.39 is 0 Å². The van der Waals surface area contributed by atoms with E-state index in [1.54, 1.807) is 24.8 Å². The largest absolute Gasteiger partial charge is 0.261 e. The Hall–Kier alpha value is -1.84. The molecule has 80 valence electrons. The third-order valence-electron chi connectivity index (χ3n) is 3.20. The van der Waals surface area contributed by atoms with Crippen LogP contribution in [0.3, 0.4) is 0 Å². The quantitative estimate of drug-likeness (QED) is 0.763. The van der Waals surface area contributed by atoms with Crippen molar-refractivity contribution >= 4 is 0 Å². The van der Waals surface area contributed by atoms with Crippen molar-refractivity contribution < 1.29 is 0 Å². The Morgan fingerprint density at radius 1 is 0.750 bits per heavy atom. The van der Waals surface area contributed by atoms with Gasteiger partial charge in [-0.15, -0.1) is 0 Å². The van der Waals surface area contributed by atoms with Crippen molar-refractivity contribution in [3.63, 3.8) is 0 Å². The van der Waals surface area contributed by atoms with Gasteiger partial charge in [0.05, 0.1) is 11.4 Å². The molecule has 1 saturated carbocycles. The summed E-state index contributed by atoms with van der Waals surface area (Å²) in [5.74, 6) is 0.927. The van der Waals surface area contributed by atoms with Gasteiger partial charge in [-0.3, -0.25) is 19.9 Å². The Labute approximate surface area is 93.8 Å². The minimum Gasteiger partial charge on any atom is -0.261 e. The van der Waals surface area contributed by atoms with Crippen molar-refractivity contribution in [2.75, 3.05) is 0 Å². The van der Waals surface area contributed by atoms with E-state index in [1.807, 2.05) is 12.4 Å². The molecule has 0 bridgehead atoms. The normalized spacial score (nSPS) is 23.8. The molecule has 0 unspecified atom stereocenters. The molecule has 4 nitrogen and oxygen atoms in total. The third-order valence-corrected chi connectivity index (χ3v) is 3.20. The van der Waals surface area contributed by atoms with Crippen LogP contribution in [0, 0.1) is 0 Å². The summed E-state index contributed by atoms with van der Waals surface area (Å²) in [4.78, 5) is 17.0. The lowest BCUT2D eigenvalue weighted by atomic mass is 9.70. The smallest absolute Gasteiger partial charge is 0.0624 e. The Bertz CT molecular complexity index is 411. The number of hydrogen-bond donors (Lipinski definition) is 0. The molecule has 3 rings (SSSR count). The van der Waals surface area contributed by atoms with Crippen molar-refractivity contribution in [3.8, 4) is 0 Å². The zero-order valence-corrected chi connectivity index (χ0v) is 8.82. The third kappa shape index (κ3) is 1.56. The van der Waals surface area contributed by atoms with Gasteiger partial charge in [0, 0.05) is 49.0 Å². The zero-order chi connectivity index (χ0) is 10.8. The molecule has 0 N–H and O–H groups in total. The van der Waals surface area contributed by atoms with Crippen LogP contribution in [0.1, 0.15) is 36.1 Å². The SMILES string of the molecule is c1cnc([C@H]2CC[C@H]2c2cnccn2)cn1. The van der Waals surface area contributed by atoms with Crippen LogP contribution in [-0.4, -0.2) is 19.9 Å². The predicted octanol–water partition coefficient (Wildman–Crippen LogP) is 1.93. The van der Waals surface area contributed by atoms with Crippen LogP contribution < -0.4 is 0 Å². The van der Waals surface area contributed by atoms with Gasteiger partial charge in [-0.05, 0) is 12.8 Å². The second-order valence-corrected chi connectivity index (χ2v) is 4.05. The Morgan fingerprint density at radius 2 is 1.25 bits per heavy atom.